The number of halogens is 1. The van der Waals surface area contributed by atoms with Crippen molar-refractivity contribution in [3.63, 3.8) is 0 Å². The van der Waals surface area contributed by atoms with Gasteiger partial charge >= 0.3 is 0 Å². The van der Waals surface area contributed by atoms with Gasteiger partial charge < -0.3 is 10.2 Å². The molecule has 1 unspecified atom stereocenters. The van der Waals surface area contributed by atoms with Gasteiger partial charge in [-0.3, -0.25) is 4.79 Å². The van der Waals surface area contributed by atoms with Gasteiger partial charge in [-0.2, -0.15) is 0 Å². The summed E-state index contributed by atoms with van der Waals surface area (Å²) >= 11 is 0. The number of nitrogens with one attached hydrogen (secondary N) is 1. The Morgan fingerprint density at radius 2 is 1.94 bits per heavy atom. The Morgan fingerprint density at radius 3 is 2.63 bits per heavy atom. The van der Waals surface area contributed by atoms with E-state index in [4.69, 9.17) is 4.98 Å². The molecule has 0 radical (unpaired) electrons. The molecule has 182 valence electrons. The quantitative estimate of drug-likeness (QED) is 0.332. The van der Waals surface area contributed by atoms with Crippen LogP contribution in [-0.4, -0.2) is 24.0 Å². The molecule has 1 amide bonds. The molecule has 4 nitrogen and oxygen atoms in total. The predicted molar refractivity (Wildman–Crippen MR) is 144 cm³/mol. The van der Waals surface area contributed by atoms with Crippen molar-refractivity contribution < 1.29 is 9.18 Å². The van der Waals surface area contributed by atoms with Crippen molar-refractivity contribution in [2.75, 3.05) is 23.3 Å². The molecule has 1 aliphatic rings. The minimum absolute atomic E-state index is 0.160. The van der Waals surface area contributed by atoms with Gasteiger partial charge in [0, 0.05) is 41.7 Å². The van der Waals surface area contributed by atoms with Crippen molar-refractivity contribution >= 4 is 29.1 Å². The van der Waals surface area contributed by atoms with E-state index in [2.05, 4.69) is 31.0 Å². The van der Waals surface area contributed by atoms with Crippen LogP contribution in [0.25, 0.3) is 22.8 Å². The van der Waals surface area contributed by atoms with Crippen LogP contribution in [0.15, 0.2) is 54.7 Å². The number of benzene rings is 2. The Bertz CT molecular complexity index is 1210. The van der Waals surface area contributed by atoms with Crippen LogP contribution in [0.5, 0.6) is 0 Å². The van der Waals surface area contributed by atoms with E-state index >= 15 is 0 Å². The first-order valence-electron chi connectivity index (χ1n) is 12.5. The molecule has 1 aliphatic heterocycles. The van der Waals surface area contributed by atoms with E-state index in [1.54, 1.807) is 6.07 Å². The number of aromatic nitrogens is 1. The number of hydrogen-bond acceptors (Lipinski definition) is 3. The minimum atomic E-state index is -0.266. The fourth-order valence-corrected chi connectivity index (χ4v) is 4.51. The van der Waals surface area contributed by atoms with Crippen molar-refractivity contribution in [1.82, 2.24) is 4.98 Å². The lowest BCUT2D eigenvalue weighted by Crippen LogP contribution is -2.27. The Balaban J connectivity index is 1.62. The maximum Gasteiger partial charge on any atom is 0.256 e. The van der Waals surface area contributed by atoms with Gasteiger partial charge in [0.2, 0.25) is 0 Å². The highest BCUT2D eigenvalue weighted by Gasteiger charge is 2.25. The topological polar surface area (TPSA) is 45.2 Å². The number of aryl methyl sites for hydroxylation is 1. The van der Waals surface area contributed by atoms with Crippen LogP contribution in [0.2, 0.25) is 0 Å². The van der Waals surface area contributed by atoms with Crippen LogP contribution in [0.4, 0.5) is 15.9 Å². The van der Waals surface area contributed by atoms with Crippen LogP contribution in [-0.2, 0) is 4.79 Å². The van der Waals surface area contributed by atoms with Crippen LogP contribution in [0.3, 0.4) is 0 Å². The van der Waals surface area contributed by atoms with E-state index in [-0.39, 0.29) is 11.7 Å². The molecule has 0 saturated heterocycles. The highest BCUT2D eigenvalue weighted by atomic mass is 19.1. The molecule has 0 fully saturated rings. The number of nitrogens with zero attached hydrogens (tertiary/aromatic N) is 2. The minimum Gasteiger partial charge on any atom is -0.357 e. The number of pyridine rings is 1. The zero-order valence-corrected chi connectivity index (χ0v) is 21.1. The molecular formula is C30H34FN3O. The highest BCUT2D eigenvalue weighted by Crippen LogP contribution is 2.37. The van der Waals surface area contributed by atoms with Crippen LogP contribution < -0.4 is 10.2 Å². The number of carbonyl (C=O) groups excluding carboxylic acids is 1. The van der Waals surface area contributed by atoms with Gasteiger partial charge in [-0.25, -0.2) is 9.37 Å². The van der Waals surface area contributed by atoms with Crippen molar-refractivity contribution in [1.29, 1.82) is 0 Å². The summed E-state index contributed by atoms with van der Waals surface area (Å²) in [6.07, 6.45) is 7.07. The number of rotatable bonds is 9. The third kappa shape index (κ3) is 5.45. The summed E-state index contributed by atoms with van der Waals surface area (Å²) in [4.78, 5) is 19.8. The summed E-state index contributed by atoms with van der Waals surface area (Å²) in [5, 5.41) is 2.93. The summed E-state index contributed by atoms with van der Waals surface area (Å²) < 4.78 is 14.6. The molecule has 0 spiro atoms. The molecule has 3 aromatic rings. The van der Waals surface area contributed by atoms with Gasteiger partial charge in [0.05, 0.1) is 0 Å². The maximum absolute atomic E-state index is 14.6. The van der Waals surface area contributed by atoms with Crippen LogP contribution >= 0.6 is 0 Å². The van der Waals surface area contributed by atoms with Gasteiger partial charge in [-0.15, -0.1) is 0 Å². The van der Waals surface area contributed by atoms with Gasteiger partial charge in [0.1, 0.15) is 11.6 Å². The number of hydrogen-bond donors (Lipinski definition) is 1. The van der Waals surface area contributed by atoms with Crippen molar-refractivity contribution in [3.05, 3.63) is 77.2 Å². The zero-order valence-electron chi connectivity index (χ0n) is 21.1. The highest BCUT2D eigenvalue weighted by molar-refractivity contribution is 6.35. The molecule has 0 bridgehead atoms. The van der Waals surface area contributed by atoms with Crippen molar-refractivity contribution in [3.8, 4) is 11.1 Å². The summed E-state index contributed by atoms with van der Waals surface area (Å²) in [6.45, 7) is 10.6. The normalized spacial score (nSPS) is 14.7. The van der Waals surface area contributed by atoms with E-state index in [1.165, 1.54) is 12.5 Å². The summed E-state index contributed by atoms with van der Waals surface area (Å²) in [6, 6.07) is 14.7. The number of fused-ring (bicyclic) bond motifs is 1. The smallest absolute Gasteiger partial charge is 0.256 e. The van der Waals surface area contributed by atoms with E-state index in [1.807, 2.05) is 55.6 Å². The fraction of sp³-hybridized carbons (Fsp3) is 0.333. The summed E-state index contributed by atoms with van der Waals surface area (Å²) in [5.41, 5.74) is 5.12. The molecule has 4 rings (SSSR count). The third-order valence-corrected chi connectivity index (χ3v) is 6.80. The number of carbonyl (C=O) groups is 1. The lowest BCUT2D eigenvalue weighted by molar-refractivity contribution is -0.110. The average Bonchev–Trinajstić information content (AvgIpc) is 3.16. The zero-order chi connectivity index (χ0) is 24.9. The van der Waals surface area contributed by atoms with Gasteiger partial charge in [-0.1, -0.05) is 45.4 Å². The standard InChI is InChI=1S/C30H34FN3O/c1-5-15-34(16-14-20(3)6-2)28-13-10-22(19-32-28)17-25-24-18-23(11-12-27(24)33-30(25)35)29-21(4)8-7-9-26(29)31/h7-13,17-20H,5-6,14-16H2,1-4H3,(H,33,35)/b25-17-. The molecule has 35 heavy (non-hydrogen) atoms. The first kappa shape index (κ1) is 24.6. The molecule has 1 aromatic heterocycles. The molecular weight excluding hydrogens is 437 g/mol. The van der Waals surface area contributed by atoms with Crippen molar-refractivity contribution in [2.24, 2.45) is 5.92 Å². The molecule has 5 heteroatoms. The lowest BCUT2D eigenvalue weighted by Gasteiger charge is -2.24. The van der Waals surface area contributed by atoms with E-state index in [0.29, 0.717) is 17.1 Å². The second-order valence-electron chi connectivity index (χ2n) is 9.44. The summed E-state index contributed by atoms with van der Waals surface area (Å²) in [7, 11) is 0. The second kappa shape index (κ2) is 10.9. The molecule has 0 saturated carbocycles. The molecule has 2 aromatic carbocycles. The monoisotopic (exact) mass is 471 g/mol. The predicted octanol–water partition coefficient (Wildman–Crippen LogP) is 7.34. The fourth-order valence-electron chi connectivity index (χ4n) is 4.51. The van der Waals surface area contributed by atoms with Gasteiger partial charge in [0.15, 0.2) is 0 Å². The largest absolute Gasteiger partial charge is 0.357 e. The lowest BCUT2D eigenvalue weighted by atomic mass is 9.95. The van der Waals surface area contributed by atoms with Crippen LogP contribution in [0.1, 0.15) is 56.7 Å². The SMILES string of the molecule is CCCN(CCC(C)CC)c1ccc(/C=C2\C(=O)Nc3ccc(-c4c(C)cccc4F)cc32)cn1. The molecule has 1 N–H and O–H groups in total. The molecule has 2 heterocycles. The third-order valence-electron chi connectivity index (χ3n) is 6.80. The first-order chi connectivity index (χ1) is 16.9. The number of anilines is 2. The Morgan fingerprint density at radius 1 is 1.11 bits per heavy atom. The summed E-state index contributed by atoms with van der Waals surface area (Å²) in [5.74, 6) is 1.23. The van der Waals surface area contributed by atoms with Crippen molar-refractivity contribution in [2.45, 2.75) is 47.0 Å². The second-order valence-corrected chi connectivity index (χ2v) is 9.44. The molecule has 0 aliphatic carbocycles. The van der Waals surface area contributed by atoms with E-state index in [0.717, 1.165) is 59.7 Å². The maximum atomic E-state index is 14.6. The Hall–Kier alpha value is -3.47. The Labute approximate surface area is 207 Å². The first-order valence-corrected chi connectivity index (χ1v) is 12.5. The van der Waals surface area contributed by atoms with Crippen LogP contribution in [0, 0.1) is 18.7 Å². The van der Waals surface area contributed by atoms with E-state index < -0.39 is 0 Å². The average molecular weight is 472 g/mol. The van der Waals surface area contributed by atoms with Gasteiger partial charge in [0.25, 0.3) is 5.91 Å². The van der Waals surface area contributed by atoms with E-state index in [9.17, 15) is 9.18 Å². The molecule has 1 atom stereocenters. The van der Waals surface area contributed by atoms with Gasteiger partial charge in [-0.05, 0) is 78.8 Å². The Kier molecular flexibility index (Phi) is 7.64. The number of amides is 1.